The van der Waals surface area contributed by atoms with Gasteiger partial charge in [-0.2, -0.15) is 0 Å². The molecule has 0 radical (unpaired) electrons. The van der Waals surface area contributed by atoms with Crippen LogP contribution in [0.4, 0.5) is 0 Å². The quantitative estimate of drug-likeness (QED) is 0.653. The zero-order chi connectivity index (χ0) is 15.8. The Morgan fingerprint density at radius 1 is 0.952 bits per heavy atom. The van der Waals surface area contributed by atoms with E-state index in [4.69, 9.17) is 28.3 Å². The van der Waals surface area contributed by atoms with E-state index in [1.165, 1.54) is 19.5 Å². The number of aromatic nitrogens is 4. The van der Waals surface area contributed by atoms with E-state index < -0.39 is 11.9 Å². The van der Waals surface area contributed by atoms with Gasteiger partial charge in [-0.15, -0.1) is 0 Å². The fraction of sp³-hybridized carbons (Fsp3) is 0.0909. The van der Waals surface area contributed by atoms with Gasteiger partial charge >= 0.3 is 11.9 Å². The molecule has 0 fully saturated rings. The first kappa shape index (κ1) is 16.7. The van der Waals surface area contributed by atoms with E-state index in [0.29, 0.717) is 0 Å². The number of carbonyl (C=O) groups is 2. The summed E-state index contributed by atoms with van der Waals surface area (Å²) in [7, 11) is 1.29. The molecule has 0 saturated carbocycles. The lowest BCUT2D eigenvalue weighted by Crippen LogP contribution is -2.02. The molecule has 0 aromatic carbocycles. The van der Waals surface area contributed by atoms with Gasteiger partial charge in [-0.25, -0.2) is 29.5 Å². The van der Waals surface area contributed by atoms with Crippen molar-refractivity contribution in [3.8, 4) is 0 Å². The van der Waals surface area contributed by atoms with Gasteiger partial charge in [0.1, 0.15) is 0 Å². The van der Waals surface area contributed by atoms with Gasteiger partial charge in [-0.3, -0.25) is 0 Å². The van der Waals surface area contributed by atoms with Crippen molar-refractivity contribution in [3.05, 3.63) is 46.5 Å². The molecule has 2 aromatic rings. The number of halogens is 2. The van der Waals surface area contributed by atoms with Crippen molar-refractivity contribution in [2.24, 2.45) is 0 Å². The first-order chi connectivity index (χ1) is 9.93. The summed E-state index contributed by atoms with van der Waals surface area (Å²) in [6.45, 7) is 0. The number of carbonyl (C=O) groups excluding carboxylic acids is 1. The van der Waals surface area contributed by atoms with Crippen LogP contribution >= 0.6 is 23.2 Å². The van der Waals surface area contributed by atoms with Crippen LogP contribution in [0.1, 0.15) is 20.7 Å². The predicted molar refractivity (Wildman–Crippen MR) is 72.4 cm³/mol. The summed E-state index contributed by atoms with van der Waals surface area (Å²) in [6, 6.07) is 0. The number of aromatic carboxylic acids is 1. The minimum Gasteiger partial charge on any atom is -0.478 e. The number of ether oxygens (including phenoxy) is 1. The fourth-order valence-corrected chi connectivity index (χ4v) is 1.15. The Morgan fingerprint density at radius 3 is 1.67 bits per heavy atom. The maximum Gasteiger partial charge on any atom is 0.341 e. The number of carboxylic acid groups (broad SMARTS) is 1. The second-order valence-electron chi connectivity index (χ2n) is 3.28. The van der Waals surface area contributed by atoms with Crippen LogP contribution in [0.3, 0.4) is 0 Å². The van der Waals surface area contributed by atoms with Crippen LogP contribution in [0.15, 0.2) is 24.8 Å². The smallest absolute Gasteiger partial charge is 0.341 e. The van der Waals surface area contributed by atoms with Crippen LogP contribution in [0, 0.1) is 0 Å². The molecular weight excluding hydrogens is 323 g/mol. The molecule has 0 amide bonds. The molecule has 0 aliphatic heterocycles. The number of hydrogen-bond donors (Lipinski definition) is 1. The average Bonchev–Trinajstić information content (AvgIpc) is 2.48. The second kappa shape index (κ2) is 8.08. The van der Waals surface area contributed by atoms with E-state index in [0.717, 1.165) is 12.4 Å². The first-order valence-electron chi connectivity index (χ1n) is 5.20. The highest BCUT2D eigenvalue weighted by Crippen LogP contribution is 2.01. The lowest BCUT2D eigenvalue weighted by atomic mass is 10.4. The van der Waals surface area contributed by atoms with Crippen LogP contribution in [-0.2, 0) is 4.74 Å². The standard InChI is InChI=1S/C6H5ClN2O2.C5H3ClN2O2/c1-11-5(10)4-2-8-6(7)9-3-4;6-5-7-1-3(2-8-5)4(9)10/h2-3H,1H3;1-2H,(H,9,10). The molecule has 110 valence electrons. The lowest BCUT2D eigenvalue weighted by molar-refractivity contribution is 0.0598. The zero-order valence-corrected chi connectivity index (χ0v) is 12.0. The molecule has 0 aliphatic rings. The monoisotopic (exact) mass is 330 g/mol. The van der Waals surface area contributed by atoms with Crippen LogP contribution < -0.4 is 0 Å². The van der Waals surface area contributed by atoms with Gasteiger partial charge in [-0.1, -0.05) is 0 Å². The molecule has 0 atom stereocenters. The van der Waals surface area contributed by atoms with Crippen molar-refractivity contribution >= 4 is 35.1 Å². The van der Waals surface area contributed by atoms with Crippen LogP contribution in [0.5, 0.6) is 0 Å². The Morgan fingerprint density at radius 2 is 1.33 bits per heavy atom. The summed E-state index contributed by atoms with van der Waals surface area (Å²) in [6.07, 6.45) is 4.91. The van der Waals surface area contributed by atoms with E-state index in [-0.39, 0.29) is 21.7 Å². The summed E-state index contributed by atoms with van der Waals surface area (Å²) in [5, 5.41) is 8.51. The molecule has 8 nitrogen and oxygen atoms in total. The topological polar surface area (TPSA) is 115 Å². The molecule has 21 heavy (non-hydrogen) atoms. The normalized spacial score (nSPS) is 9.29. The van der Waals surface area contributed by atoms with Gasteiger partial charge in [0.15, 0.2) is 0 Å². The van der Waals surface area contributed by atoms with E-state index in [9.17, 15) is 9.59 Å². The van der Waals surface area contributed by atoms with E-state index in [1.54, 1.807) is 0 Å². The number of esters is 1. The summed E-state index contributed by atoms with van der Waals surface area (Å²) in [4.78, 5) is 35.1. The van der Waals surface area contributed by atoms with Crippen molar-refractivity contribution in [2.45, 2.75) is 0 Å². The Hall–Kier alpha value is -2.32. The molecular formula is C11H8Cl2N4O4. The van der Waals surface area contributed by atoms with Crippen LogP contribution in [-0.4, -0.2) is 44.1 Å². The maximum atomic E-state index is 10.8. The van der Waals surface area contributed by atoms with Crippen molar-refractivity contribution in [1.29, 1.82) is 0 Å². The molecule has 2 aromatic heterocycles. The summed E-state index contributed by atoms with van der Waals surface area (Å²) >= 11 is 10.7. The van der Waals surface area contributed by atoms with Gasteiger partial charge in [-0.05, 0) is 23.2 Å². The third-order valence-electron chi connectivity index (χ3n) is 1.91. The van der Waals surface area contributed by atoms with E-state index in [1.807, 2.05) is 0 Å². The minimum atomic E-state index is -1.06. The Bertz CT molecular complexity index is 619. The molecule has 0 unspecified atom stereocenters. The van der Waals surface area contributed by atoms with E-state index >= 15 is 0 Å². The van der Waals surface area contributed by atoms with Crippen molar-refractivity contribution in [2.75, 3.05) is 7.11 Å². The van der Waals surface area contributed by atoms with Gasteiger partial charge in [0, 0.05) is 24.8 Å². The highest BCUT2D eigenvalue weighted by molar-refractivity contribution is 6.28. The molecule has 2 rings (SSSR count). The third-order valence-corrected chi connectivity index (χ3v) is 2.30. The SMILES string of the molecule is COC(=O)c1cnc(Cl)nc1.O=C(O)c1cnc(Cl)nc1. The molecule has 0 aliphatic carbocycles. The Labute approximate surface area is 128 Å². The molecule has 0 spiro atoms. The maximum absolute atomic E-state index is 10.8. The van der Waals surface area contributed by atoms with Gasteiger partial charge in [0.25, 0.3) is 0 Å². The average molecular weight is 331 g/mol. The summed E-state index contributed by atoms with van der Waals surface area (Å²) < 4.78 is 4.41. The lowest BCUT2D eigenvalue weighted by Gasteiger charge is -1.95. The molecule has 2 heterocycles. The largest absolute Gasteiger partial charge is 0.478 e. The van der Waals surface area contributed by atoms with E-state index in [2.05, 4.69) is 24.7 Å². The van der Waals surface area contributed by atoms with Crippen molar-refractivity contribution in [3.63, 3.8) is 0 Å². The van der Waals surface area contributed by atoms with Gasteiger partial charge in [0.2, 0.25) is 10.6 Å². The van der Waals surface area contributed by atoms with Gasteiger partial charge in [0.05, 0.1) is 18.2 Å². The summed E-state index contributed by atoms with van der Waals surface area (Å²) in [5.74, 6) is -1.53. The molecule has 10 heteroatoms. The molecule has 1 N–H and O–H groups in total. The highest BCUT2D eigenvalue weighted by atomic mass is 35.5. The minimum absolute atomic E-state index is 0.0319. The fourth-order valence-electron chi connectivity index (χ4n) is 0.958. The number of methoxy groups -OCH3 is 1. The third kappa shape index (κ3) is 5.67. The number of carboxylic acids is 1. The van der Waals surface area contributed by atoms with Crippen LogP contribution in [0.2, 0.25) is 10.6 Å². The molecule has 0 saturated heterocycles. The summed E-state index contributed by atoms with van der Waals surface area (Å²) in [5.41, 5.74) is 0.321. The first-order valence-corrected chi connectivity index (χ1v) is 5.96. The number of nitrogens with zero attached hydrogens (tertiary/aromatic N) is 4. The number of rotatable bonds is 2. The van der Waals surface area contributed by atoms with Crippen molar-refractivity contribution in [1.82, 2.24) is 19.9 Å². The van der Waals surface area contributed by atoms with Gasteiger partial charge < -0.3 is 9.84 Å². The van der Waals surface area contributed by atoms with Crippen molar-refractivity contribution < 1.29 is 19.4 Å². The predicted octanol–water partition coefficient (Wildman–Crippen LogP) is 1.74. The Kier molecular flexibility index (Phi) is 6.44. The number of hydrogen-bond acceptors (Lipinski definition) is 7. The Balaban J connectivity index is 0.000000211. The second-order valence-corrected chi connectivity index (χ2v) is 3.95. The highest BCUT2D eigenvalue weighted by Gasteiger charge is 2.04. The molecule has 0 bridgehead atoms. The van der Waals surface area contributed by atoms with Crippen LogP contribution in [0.25, 0.3) is 0 Å². The zero-order valence-electron chi connectivity index (χ0n) is 10.5.